The fraction of sp³-hybridized carbons (Fsp3) is 0.200. The Morgan fingerprint density at radius 2 is 1.65 bits per heavy atom. The van der Waals surface area contributed by atoms with Crippen molar-refractivity contribution in [1.29, 1.82) is 0 Å². The van der Waals surface area contributed by atoms with Crippen LogP contribution in [0.2, 0.25) is 5.02 Å². The van der Waals surface area contributed by atoms with E-state index in [0.29, 0.717) is 30.3 Å². The second-order valence-corrected chi connectivity index (χ2v) is 4.62. The summed E-state index contributed by atoms with van der Waals surface area (Å²) >= 11 is 5.76. The van der Waals surface area contributed by atoms with Gasteiger partial charge in [0.15, 0.2) is 0 Å². The molecule has 0 unspecified atom stereocenters. The van der Waals surface area contributed by atoms with Crippen LogP contribution < -0.4 is 10.1 Å². The van der Waals surface area contributed by atoms with Crippen LogP contribution in [0, 0.1) is 11.6 Å². The van der Waals surface area contributed by atoms with Gasteiger partial charge in [0, 0.05) is 11.6 Å². The van der Waals surface area contributed by atoms with E-state index in [9.17, 15) is 8.78 Å². The zero-order chi connectivity index (χ0) is 14.4. The van der Waals surface area contributed by atoms with Crippen LogP contribution in [0.25, 0.3) is 0 Å². The van der Waals surface area contributed by atoms with Crippen molar-refractivity contribution in [3.63, 3.8) is 0 Å². The number of hydrogen-bond acceptors (Lipinski definition) is 2. The Morgan fingerprint density at radius 3 is 2.30 bits per heavy atom. The average molecular weight is 298 g/mol. The molecule has 0 saturated carbocycles. The molecular formula is C15H14ClF2NO. The molecule has 0 bridgehead atoms. The van der Waals surface area contributed by atoms with E-state index in [0.717, 1.165) is 0 Å². The van der Waals surface area contributed by atoms with E-state index in [1.165, 1.54) is 18.2 Å². The van der Waals surface area contributed by atoms with E-state index in [1.807, 2.05) is 0 Å². The van der Waals surface area contributed by atoms with Gasteiger partial charge < -0.3 is 10.1 Å². The summed E-state index contributed by atoms with van der Waals surface area (Å²) in [4.78, 5) is 0. The Balaban J connectivity index is 1.73. The van der Waals surface area contributed by atoms with Gasteiger partial charge in [-0.1, -0.05) is 17.7 Å². The third-order valence-corrected chi connectivity index (χ3v) is 2.92. The van der Waals surface area contributed by atoms with Crippen LogP contribution in [0.3, 0.4) is 0 Å². The molecule has 0 aromatic heterocycles. The Bertz CT molecular complexity index is 540. The summed E-state index contributed by atoms with van der Waals surface area (Å²) in [5.74, 6) is -0.473. The Morgan fingerprint density at radius 1 is 1.00 bits per heavy atom. The van der Waals surface area contributed by atoms with Crippen LogP contribution in [-0.4, -0.2) is 13.2 Å². The number of rotatable bonds is 6. The van der Waals surface area contributed by atoms with Crippen molar-refractivity contribution in [1.82, 2.24) is 0 Å². The van der Waals surface area contributed by atoms with Gasteiger partial charge in [0.1, 0.15) is 23.1 Å². The van der Waals surface area contributed by atoms with Crippen LogP contribution in [-0.2, 0) is 0 Å². The van der Waals surface area contributed by atoms with Gasteiger partial charge in [0.25, 0.3) is 0 Å². The van der Waals surface area contributed by atoms with Crippen LogP contribution in [0.15, 0.2) is 42.5 Å². The quantitative estimate of drug-likeness (QED) is 0.793. The molecule has 0 radical (unpaired) electrons. The van der Waals surface area contributed by atoms with Gasteiger partial charge in [0.05, 0.1) is 6.61 Å². The van der Waals surface area contributed by atoms with E-state index in [2.05, 4.69) is 5.32 Å². The first-order valence-corrected chi connectivity index (χ1v) is 6.61. The lowest BCUT2D eigenvalue weighted by atomic mass is 10.3. The van der Waals surface area contributed by atoms with Gasteiger partial charge in [-0.2, -0.15) is 0 Å². The van der Waals surface area contributed by atoms with Crippen molar-refractivity contribution in [3.8, 4) is 5.75 Å². The molecule has 0 amide bonds. The first-order valence-electron chi connectivity index (χ1n) is 6.23. The Kier molecular flexibility index (Phi) is 5.18. The first kappa shape index (κ1) is 14.6. The molecule has 106 valence electrons. The minimum atomic E-state index is -0.594. The minimum Gasteiger partial charge on any atom is -0.494 e. The topological polar surface area (TPSA) is 21.3 Å². The highest BCUT2D eigenvalue weighted by Gasteiger charge is 2.06. The molecule has 0 aliphatic rings. The molecule has 2 aromatic carbocycles. The summed E-state index contributed by atoms with van der Waals surface area (Å²) in [7, 11) is 0. The maximum absolute atomic E-state index is 13.3. The van der Waals surface area contributed by atoms with Crippen molar-refractivity contribution in [2.45, 2.75) is 6.42 Å². The van der Waals surface area contributed by atoms with Gasteiger partial charge in [-0.25, -0.2) is 8.78 Å². The number of para-hydroxylation sites is 1. The lowest BCUT2D eigenvalue weighted by Gasteiger charge is -2.09. The summed E-state index contributed by atoms with van der Waals surface area (Å²) < 4.78 is 32.1. The molecule has 0 atom stereocenters. The average Bonchev–Trinajstić information content (AvgIpc) is 2.43. The van der Waals surface area contributed by atoms with E-state index < -0.39 is 11.6 Å². The second kappa shape index (κ2) is 7.10. The Hall–Kier alpha value is -1.81. The molecule has 0 spiro atoms. The molecule has 1 N–H and O–H groups in total. The highest BCUT2D eigenvalue weighted by molar-refractivity contribution is 6.30. The number of anilines is 1. The summed E-state index contributed by atoms with van der Waals surface area (Å²) in [6, 6.07) is 10.8. The number of nitrogens with one attached hydrogen (secondary N) is 1. The monoisotopic (exact) mass is 297 g/mol. The predicted molar refractivity (Wildman–Crippen MR) is 76.4 cm³/mol. The standard InChI is InChI=1S/C15H14ClF2NO/c16-11-5-7-12(8-6-11)20-10-2-9-19-15-13(17)3-1-4-14(15)18/h1,3-8,19H,2,9-10H2. The fourth-order valence-corrected chi connectivity index (χ4v) is 1.80. The molecule has 2 nitrogen and oxygen atoms in total. The molecule has 0 saturated heterocycles. The van der Waals surface area contributed by atoms with Crippen molar-refractivity contribution < 1.29 is 13.5 Å². The fourth-order valence-electron chi connectivity index (χ4n) is 1.67. The van der Waals surface area contributed by atoms with Gasteiger partial charge in [-0.15, -0.1) is 0 Å². The minimum absolute atomic E-state index is 0.0982. The van der Waals surface area contributed by atoms with Crippen LogP contribution in [0.5, 0.6) is 5.75 Å². The van der Waals surface area contributed by atoms with Gasteiger partial charge >= 0.3 is 0 Å². The van der Waals surface area contributed by atoms with E-state index >= 15 is 0 Å². The molecule has 5 heteroatoms. The summed E-state index contributed by atoms with van der Waals surface area (Å²) in [5.41, 5.74) is -0.0982. The normalized spacial score (nSPS) is 10.3. The third kappa shape index (κ3) is 4.10. The van der Waals surface area contributed by atoms with Crippen molar-refractivity contribution in [2.24, 2.45) is 0 Å². The van der Waals surface area contributed by atoms with Gasteiger partial charge in [-0.3, -0.25) is 0 Å². The molecule has 2 aromatic rings. The highest BCUT2D eigenvalue weighted by atomic mass is 35.5. The zero-order valence-electron chi connectivity index (χ0n) is 10.7. The van der Waals surface area contributed by atoms with E-state index in [-0.39, 0.29) is 5.69 Å². The molecule has 0 aliphatic carbocycles. The smallest absolute Gasteiger partial charge is 0.149 e. The molecule has 0 aliphatic heterocycles. The number of benzene rings is 2. The largest absolute Gasteiger partial charge is 0.494 e. The number of hydrogen-bond donors (Lipinski definition) is 1. The molecule has 0 heterocycles. The maximum Gasteiger partial charge on any atom is 0.149 e. The Labute approximate surface area is 121 Å². The number of halogens is 3. The predicted octanol–water partition coefficient (Wildman–Crippen LogP) is 4.50. The number of ether oxygens (including phenoxy) is 1. The van der Waals surface area contributed by atoms with Crippen molar-refractivity contribution >= 4 is 17.3 Å². The maximum atomic E-state index is 13.3. The molecular weight excluding hydrogens is 284 g/mol. The molecule has 2 rings (SSSR count). The zero-order valence-corrected chi connectivity index (χ0v) is 11.5. The van der Waals surface area contributed by atoms with Gasteiger partial charge in [0.2, 0.25) is 0 Å². The lowest BCUT2D eigenvalue weighted by molar-refractivity contribution is 0.315. The molecule has 0 fully saturated rings. The first-order chi connectivity index (χ1) is 9.66. The lowest BCUT2D eigenvalue weighted by Crippen LogP contribution is -2.09. The summed E-state index contributed by atoms with van der Waals surface area (Å²) in [6.45, 7) is 0.871. The summed E-state index contributed by atoms with van der Waals surface area (Å²) in [5, 5.41) is 3.37. The van der Waals surface area contributed by atoms with Gasteiger partial charge in [-0.05, 0) is 42.8 Å². The second-order valence-electron chi connectivity index (χ2n) is 4.18. The third-order valence-electron chi connectivity index (χ3n) is 2.67. The van der Waals surface area contributed by atoms with Crippen molar-refractivity contribution in [2.75, 3.05) is 18.5 Å². The van der Waals surface area contributed by atoms with Crippen LogP contribution >= 0.6 is 11.6 Å². The van der Waals surface area contributed by atoms with E-state index in [1.54, 1.807) is 24.3 Å². The van der Waals surface area contributed by atoms with Crippen LogP contribution in [0.4, 0.5) is 14.5 Å². The molecule has 20 heavy (non-hydrogen) atoms. The van der Waals surface area contributed by atoms with Crippen molar-refractivity contribution in [3.05, 3.63) is 59.1 Å². The SMILES string of the molecule is Fc1cccc(F)c1NCCCOc1ccc(Cl)cc1. The highest BCUT2D eigenvalue weighted by Crippen LogP contribution is 2.18. The van der Waals surface area contributed by atoms with Crippen LogP contribution in [0.1, 0.15) is 6.42 Å². The van der Waals surface area contributed by atoms with E-state index in [4.69, 9.17) is 16.3 Å². The summed E-state index contributed by atoms with van der Waals surface area (Å²) in [6.07, 6.45) is 0.621.